The fourth-order valence-electron chi connectivity index (χ4n) is 1.63. The van der Waals surface area contributed by atoms with Gasteiger partial charge in [0.15, 0.2) is 5.82 Å². The van der Waals surface area contributed by atoms with Gasteiger partial charge in [-0.3, -0.25) is 0 Å². The molecule has 2 N–H and O–H groups in total. The van der Waals surface area contributed by atoms with Crippen LogP contribution in [-0.2, 0) is 0 Å². The molecule has 2 aromatic rings. The molecule has 1 heterocycles. The molecule has 0 aliphatic rings. The molecule has 0 amide bonds. The minimum atomic E-state index is 0.447. The Bertz CT molecular complexity index is 552. The normalized spacial score (nSPS) is 10.4. The van der Waals surface area contributed by atoms with Crippen molar-refractivity contribution in [1.82, 2.24) is 9.97 Å². The Hall–Kier alpha value is -1.81. The summed E-state index contributed by atoms with van der Waals surface area (Å²) in [5.41, 5.74) is 7.34. The minimum Gasteiger partial charge on any atom is -0.492 e. The Kier molecular flexibility index (Phi) is 3.67. The third-order valence-corrected chi connectivity index (χ3v) is 2.66. The van der Waals surface area contributed by atoms with E-state index in [1.165, 1.54) is 0 Å². The van der Waals surface area contributed by atoms with Gasteiger partial charge in [-0.2, -0.15) is 0 Å². The van der Waals surface area contributed by atoms with Crippen LogP contribution < -0.4 is 10.5 Å². The first-order valence-corrected chi connectivity index (χ1v) is 6.02. The number of ether oxygens (including phenoxy) is 1. The van der Waals surface area contributed by atoms with E-state index in [0.29, 0.717) is 29.0 Å². The van der Waals surface area contributed by atoms with Gasteiger partial charge in [-0.1, -0.05) is 11.6 Å². The van der Waals surface area contributed by atoms with Crippen molar-refractivity contribution >= 4 is 17.4 Å². The summed E-state index contributed by atoms with van der Waals surface area (Å²) in [6.45, 7) is 4.36. The monoisotopic (exact) mass is 263 g/mol. The van der Waals surface area contributed by atoms with Gasteiger partial charge in [-0.25, -0.2) is 9.97 Å². The van der Waals surface area contributed by atoms with Crippen LogP contribution in [0.2, 0.25) is 5.02 Å². The number of hydrogen-bond acceptors (Lipinski definition) is 4. The molecule has 0 unspecified atom stereocenters. The van der Waals surface area contributed by atoms with Gasteiger partial charge < -0.3 is 10.5 Å². The van der Waals surface area contributed by atoms with Crippen molar-refractivity contribution in [2.75, 3.05) is 12.3 Å². The molecule has 0 bridgehead atoms. The molecule has 4 nitrogen and oxygen atoms in total. The van der Waals surface area contributed by atoms with Gasteiger partial charge in [0.2, 0.25) is 0 Å². The molecule has 0 spiro atoms. The summed E-state index contributed by atoms with van der Waals surface area (Å²) in [4.78, 5) is 8.52. The van der Waals surface area contributed by atoms with Gasteiger partial charge in [-0.15, -0.1) is 0 Å². The summed E-state index contributed by atoms with van der Waals surface area (Å²) in [6, 6.07) is 7.18. The Morgan fingerprint density at radius 2 is 2.06 bits per heavy atom. The lowest BCUT2D eigenvalue weighted by atomic mass is 10.2. The molecule has 18 heavy (non-hydrogen) atoms. The van der Waals surface area contributed by atoms with Crippen molar-refractivity contribution in [1.29, 1.82) is 0 Å². The predicted octanol–water partition coefficient (Wildman–Crippen LogP) is 3.09. The van der Waals surface area contributed by atoms with E-state index in [1.54, 1.807) is 12.1 Å². The highest BCUT2D eigenvalue weighted by Gasteiger charge is 2.07. The second kappa shape index (κ2) is 5.23. The average Bonchev–Trinajstić information content (AvgIpc) is 2.30. The molecule has 1 aromatic carbocycles. The SMILES string of the molecule is CCOc1ccc(-c2nc(C)cc(N)n2)cc1Cl. The van der Waals surface area contributed by atoms with Crippen LogP contribution in [0.5, 0.6) is 5.75 Å². The molecule has 0 radical (unpaired) electrons. The van der Waals surface area contributed by atoms with E-state index in [9.17, 15) is 0 Å². The van der Waals surface area contributed by atoms with Crippen LogP contribution in [0.3, 0.4) is 0 Å². The van der Waals surface area contributed by atoms with Crippen molar-refractivity contribution < 1.29 is 4.74 Å². The first kappa shape index (κ1) is 12.6. The van der Waals surface area contributed by atoms with Gasteiger partial charge >= 0.3 is 0 Å². The van der Waals surface area contributed by atoms with Crippen molar-refractivity contribution in [3.8, 4) is 17.1 Å². The van der Waals surface area contributed by atoms with Crippen LogP contribution in [0, 0.1) is 6.92 Å². The second-order valence-corrected chi connectivity index (χ2v) is 4.24. The lowest BCUT2D eigenvalue weighted by Crippen LogP contribution is -1.98. The molecular formula is C13H14ClN3O. The molecule has 0 aliphatic carbocycles. The zero-order valence-electron chi connectivity index (χ0n) is 10.3. The summed E-state index contributed by atoms with van der Waals surface area (Å²) in [6.07, 6.45) is 0. The van der Waals surface area contributed by atoms with Crippen LogP contribution in [0.15, 0.2) is 24.3 Å². The Labute approximate surface area is 111 Å². The number of rotatable bonds is 3. The maximum absolute atomic E-state index is 6.13. The standard InChI is InChI=1S/C13H14ClN3O/c1-3-18-11-5-4-9(7-10(11)14)13-16-8(2)6-12(15)17-13/h4-7H,3H2,1-2H3,(H2,15,16,17). The van der Waals surface area contributed by atoms with E-state index in [0.717, 1.165) is 11.3 Å². The zero-order chi connectivity index (χ0) is 13.1. The van der Waals surface area contributed by atoms with Gasteiger partial charge in [0.05, 0.1) is 11.6 Å². The first-order valence-electron chi connectivity index (χ1n) is 5.64. The lowest BCUT2D eigenvalue weighted by molar-refractivity contribution is 0.340. The number of nitrogens with zero attached hydrogens (tertiary/aromatic N) is 2. The molecule has 0 saturated carbocycles. The molecule has 94 valence electrons. The number of hydrogen-bond donors (Lipinski definition) is 1. The van der Waals surface area contributed by atoms with E-state index < -0.39 is 0 Å². The number of anilines is 1. The van der Waals surface area contributed by atoms with E-state index in [2.05, 4.69) is 9.97 Å². The molecule has 5 heteroatoms. The van der Waals surface area contributed by atoms with Crippen LogP contribution >= 0.6 is 11.6 Å². The largest absolute Gasteiger partial charge is 0.492 e. The number of aromatic nitrogens is 2. The fourth-order valence-corrected chi connectivity index (χ4v) is 1.87. The lowest BCUT2D eigenvalue weighted by Gasteiger charge is -2.08. The maximum Gasteiger partial charge on any atom is 0.161 e. The van der Waals surface area contributed by atoms with Gasteiger partial charge in [0.1, 0.15) is 11.6 Å². The van der Waals surface area contributed by atoms with Crippen molar-refractivity contribution in [3.05, 3.63) is 35.0 Å². The number of nitrogens with two attached hydrogens (primary N) is 1. The maximum atomic E-state index is 6.13. The average molecular weight is 264 g/mol. The highest BCUT2D eigenvalue weighted by atomic mass is 35.5. The van der Waals surface area contributed by atoms with Crippen LogP contribution in [0.1, 0.15) is 12.6 Å². The molecule has 0 saturated heterocycles. The van der Waals surface area contributed by atoms with Crippen molar-refractivity contribution in [2.45, 2.75) is 13.8 Å². The van der Waals surface area contributed by atoms with Crippen LogP contribution in [0.25, 0.3) is 11.4 Å². The van der Waals surface area contributed by atoms with Crippen molar-refractivity contribution in [3.63, 3.8) is 0 Å². The number of halogens is 1. The summed E-state index contributed by atoms with van der Waals surface area (Å²) in [5, 5.41) is 0.540. The highest BCUT2D eigenvalue weighted by molar-refractivity contribution is 6.32. The molecule has 1 aromatic heterocycles. The smallest absolute Gasteiger partial charge is 0.161 e. The third-order valence-electron chi connectivity index (χ3n) is 2.36. The van der Waals surface area contributed by atoms with Crippen molar-refractivity contribution in [2.24, 2.45) is 0 Å². The van der Waals surface area contributed by atoms with E-state index in [1.807, 2.05) is 26.0 Å². The summed E-state index contributed by atoms with van der Waals surface area (Å²) in [7, 11) is 0. The van der Waals surface area contributed by atoms with E-state index in [-0.39, 0.29) is 0 Å². The molecule has 0 aliphatic heterocycles. The number of benzene rings is 1. The Morgan fingerprint density at radius 3 is 2.67 bits per heavy atom. The topological polar surface area (TPSA) is 61.0 Å². The van der Waals surface area contributed by atoms with Crippen LogP contribution in [0.4, 0.5) is 5.82 Å². The first-order chi connectivity index (χ1) is 8.60. The van der Waals surface area contributed by atoms with E-state index in [4.69, 9.17) is 22.1 Å². The number of nitrogen functional groups attached to an aromatic ring is 1. The molecule has 0 fully saturated rings. The zero-order valence-corrected chi connectivity index (χ0v) is 11.0. The molecular weight excluding hydrogens is 250 g/mol. The number of aryl methyl sites for hydroxylation is 1. The summed E-state index contributed by atoms with van der Waals surface area (Å²) >= 11 is 6.13. The second-order valence-electron chi connectivity index (χ2n) is 3.84. The predicted molar refractivity (Wildman–Crippen MR) is 72.8 cm³/mol. The van der Waals surface area contributed by atoms with Gasteiger partial charge in [-0.05, 0) is 32.0 Å². The van der Waals surface area contributed by atoms with Gasteiger partial charge in [0, 0.05) is 17.3 Å². The quantitative estimate of drug-likeness (QED) is 0.924. The van der Waals surface area contributed by atoms with Gasteiger partial charge in [0.25, 0.3) is 0 Å². The Morgan fingerprint density at radius 1 is 1.28 bits per heavy atom. The third kappa shape index (κ3) is 2.71. The van der Waals surface area contributed by atoms with Crippen LogP contribution in [-0.4, -0.2) is 16.6 Å². The highest BCUT2D eigenvalue weighted by Crippen LogP contribution is 2.29. The molecule has 0 atom stereocenters. The Balaban J connectivity index is 2.42. The summed E-state index contributed by atoms with van der Waals surface area (Å²) < 4.78 is 5.38. The van der Waals surface area contributed by atoms with E-state index >= 15 is 0 Å². The fraction of sp³-hybridized carbons (Fsp3) is 0.231. The molecule has 2 rings (SSSR count). The summed E-state index contributed by atoms with van der Waals surface area (Å²) in [5.74, 6) is 1.67. The minimum absolute atomic E-state index is 0.447.